The Hall–Kier alpha value is -2.52. The first-order valence-corrected chi connectivity index (χ1v) is 5.94. The fourth-order valence-electron chi connectivity index (χ4n) is 1.58. The van der Waals surface area contributed by atoms with Crippen LogP contribution >= 0.6 is 0 Å². The van der Waals surface area contributed by atoms with E-state index in [2.05, 4.69) is 11.2 Å². The maximum absolute atomic E-state index is 11.8. The first-order valence-electron chi connectivity index (χ1n) is 5.94. The van der Waals surface area contributed by atoms with Gasteiger partial charge in [-0.15, -0.1) is 12.3 Å². The number of carboxylic acid groups (broad SMARTS) is 1. The Kier molecular flexibility index (Phi) is 5.56. The van der Waals surface area contributed by atoms with Crippen LogP contribution in [0, 0.1) is 12.3 Å². The molecule has 106 valence electrons. The van der Waals surface area contributed by atoms with E-state index in [1.54, 1.807) is 12.1 Å². The summed E-state index contributed by atoms with van der Waals surface area (Å²) in [6.07, 6.45) is 5.16. The maximum Gasteiger partial charge on any atom is 0.327 e. The van der Waals surface area contributed by atoms with Gasteiger partial charge in [0.25, 0.3) is 0 Å². The van der Waals surface area contributed by atoms with Crippen molar-refractivity contribution in [1.29, 1.82) is 0 Å². The number of hydrogen-bond acceptors (Lipinski definition) is 4. The number of terminal acetylenes is 1. The molecule has 1 aromatic carbocycles. The smallest absolute Gasteiger partial charge is 0.327 e. The van der Waals surface area contributed by atoms with E-state index in [9.17, 15) is 9.59 Å². The van der Waals surface area contributed by atoms with Gasteiger partial charge in [0, 0.05) is 6.42 Å². The zero-order valence-electron chi connectivity index (χ0n) is 10.7. The average molecular weight is 276 g/mol. The summed E-state index contributed by atoms with van der Waals surface area (Å²) in [7, 11) is 0. The Morgan fingerprint density at radius 1 is 1.35 bits per heavy atom. The quantitative estimate of drug-likeness (QED) is 0.540. The highest BCUT2D eigenvalue weighted by Gasteiger charge is 2.22. The molecule has 2 atom stereocenters. The van der Waals surface area contributed by atoms with Gasteiger partial charge in [0.05, 0.1) is 6.04 Å². The normalized spacial score (nSPS) is 13.0. The maximum atomic E-state index is 11.8. The Bertz CT molecular complexity index is 519. The zero-order valence-corrected chi connectivity index (χ0v) is 10.7. The van der Waals surface area contributed by atoms with Crippen molar-refractivity contribution in [2.75, 3.05) is 0 Å². The number of nitrogens with one attached hydrogen (secondary N) is 1. The third-order valence-corrected chi connectivity index (χ3v) is 2.67. The van der Waals surface area contributed by atoms with Gasteiger partial charge in [-0.25, -0.2) is 4.79 Å². The van der Waals surface area contributed by atoms with Crippen molar-refractivity contribution in [2.24, 2.45) is 5.73 Å². The Balaban J connectivity index is 2.60. The molecule has 0 fully saturated rings. The molecule has 0 aromatic heterocycles. The molecule has 6 nitrogen and oxygen atoms in total. The van der Waals surface area contributed by atoms with Gasteiger partial charge in [-0.2, -0.15) is 0 Å². The number of phenols is 1. The summed E-state index contributed by atoms with van der Waals surface area (Å²) in [5.41, 5.74) is 6.47. The molecule has 0 aliphatic rings. The number of aromatic hydroxyl groups is 1. The second kappa shape index (κ2) is 7.16. The highest BCUT2D eigenvalue weighted by molar-refractivity contribution is 5.87. The molecule has 0 aliphatic heterocycles. The van der Waals surface area contributed by atoms with Crippen LogP contribution in [0.2, 0.25) is 0 Å². The molecular formula is C14H16N2O4. The van der Waals surface area contributed by atoms with E-state index < -0.39 is 24.0 Å². The van der Waals surface area contributed by atoms with Crippen LogP contribution < -0.4 is 11.1 Å². The van der Waals surface area contributed by atoms with Crippen LogP contribution in [0.1, 0.15) is 12.0 Å². The molecule has 1 aromatic rings. The lowest BCUT2D eigenvalue weighted by Gasteiger charge is -2.16. The van der Waals surface area contributed by atoms with E-state index in [0.29, 0.717) is 0 Å². The molecule has 1 amide bonds. The lowest BCUT2D eigenvalue weighted by molar-refractivity contribution is -0.141. The predicted molar refractivity (Wildman–Crippen MR) is 72.8 cm³/mol. The third kappa shape index (κ3) is 4.63. The van der Waals surface area contributed by atoms with Gasteiger partial charge in [0.1, 0.15) is 11.8 Å². The molecule has 6 heteroatoms. The van der Waals surface area contributed by atoms with Gasteiger partial charge in [0.15, 0.2) is 0 Å². The summed E-state index contributed by atoms with van der Waals surface area (Å²) >= 11 is 0. The summed E-state index contributed by atoms with van der Waals surface area (Å²) in [6.45, 7) is 0. The molecule has 0 saturated heterocycles. The number of hydrogen-bond donors (Lipinski definition) is 4. The standard InChI is InChI=1S/C14H16N2O4/c1-2-3-12(14(19)20)16-13(18)11(15)8-9-4-6-10(17)7-5-9/h1,4-7,11-12,17H,3,8,15H2,(H,16,18)(H,19,20)/t11-,12?/m0/s1. The van der Waals surface area contributed by atoms with Crippen molar-refractivity contribution in [2.45, 2.75) is 24.9 Å². The number of phenolic OH excluding ortho intramolecular Hbond substituents is 1. The summed E-state index contributed by atoms with van der Waals surface area (Å²) in [4.78, 5) is 22.7. The van der Waals surface area contributed by atoms with E-state index in [1.807, 2.05) is 0 Å². The lowest BCUT2D eigenvalue weighted by atomic mass is 10.1. The van der Waals surface area contributed by atoms with Crippen molar-refractivity contribution in [3.05, 3.63) is 29.8 Å². The summed E-state index contributed by atoms with van der Waals surface area (Å²) < 4.78 is 0. The highest BCUT2D eigenvalue weighted by atomic mass is 16.4. The van der Waals surface area contributed by atoms with E-state index in [0.717, 1.165) is 5.56 Å². The topological polar surface area (TPSA) is 113 Å². The predicted octanol–water partition coefficient (Wildman–Crippen LogP) is -0.145. The van der Waals surface area contributed by atoms with Crippen LogP contribution in [-0.2, 0) is 16.0 Å². The minimum atomic E-state index is -1.20. The molecule has 20 heavy (non-hydrogen) atoms. The van der Waals surface area contributed by atoms with Crippen LogP contribution in [0.15, 0.2) is 24.3 Å². The van der Waals surface area contributed by atoms with Crippen LogP contribution in [0.4, 0.5) is 0 Å². The highest BCUT2D eigenvalue weighted by Crippen LogP contribution is 2.11. The molecule has 1 rings (SSSR count). The van der Waals surface area contributed by atoms with Gasteiger partial charge in [-0.05, 0) is 24.1 Å². The summed E-state index contributed by atoms with van der Waals surface area (Å²) in [5.74, 6) is 0.519. The van der Waals surface area contributed by atoms with Gasteiger partial charge in [-0.3, -0.25) is 4.79 Å². The molecule has 0 spiro atoms. The van der Waals surface area contributed by atoms with Gasteiger partial charge in [-0.1, -0.05) is 12.1 Å². The fraction of sp³-hybridized carbons (Fsp3) is 0.286. The van der Waals surface area contributed by atoms with Crippen LogP contribution in [0.3, 0.4) is 0 Å². The zero-order chi connectivity index (χ0) is 15.1. The third-order valence-electron chi connectivity index (χ3n) is 2.67. The second-order valence-electron chi connectivity index (χ2n) is 4.28. The number of nitrogens with two attached hydrogens (primary N) is 1. The number of carboxylic acids is 1. The number of rotatable bonds is 6. The van der Waals surface area contributed by atoms with Gasteiger partial charge < -0.3 is 21.3 Å². The molecule has 0 bridgehead atoms. The number of benzene rings is 1. The molecule has 0 saturated carbocycles. The van der Waals surface area contributed by atoms with E-state index in [1.165, 1.54) is 12.1 Å². The van der Waals surface area contributed by atoms with Crippen LogP contribution in [-0.4, -0.2) is 34.2 Å². The number of carbonyl (C=O) groups is 2. The molecular weight excluding hydrogens is 260 g/mol. The first-order chi connectivity index (χ1) is 9.43. The SMILES string of the molecule is C#CCC(NC(=O)[C@@H](N)Cc1ccc(O)cc1)C(=O)O. The fourth-order valence-corrected chi connectivity index (χ4v) is 1.58. The van der Waals surface area contributed by atoms with Crippen molar-refractivity contribution >= 4 is 11.9 Å². The van der Waals surface area contributed by atoms with Gasteiger partial charge >= 0.3 is 5.97 Å². The van der Waals surface area contributed by atoms with Crippen LogP contribution in [0.5, 0.6) is 5.75 Å². The van der Waals surface area contributed by atoms with Gasteiger partial charge in [0.2, 0.25) is 5.91 Å². The van der Waals surface area contributed by atoms with Crippen LogP contribution in [0.25, 0.3) is 0 Å². The molecule has 1 unspecified atom stereocenters. The van der Waals surface area contributed by atoms with Crippen molar-refractivity contribution < 1.29 is 19.8 Å². The molecule has 0 heterocycles. The van der Waals surface area contributed by atoms with Crippen molar-refractivity contribution in [1.82, 2.24) is 5.32 Å². The largest absolute Gasteiger partial charge is 0.508 e. The van der Waals surface area contributed by atoms with Crippen molar-refractivity contribution in [3.8, 4) is 18.1 Å². The minimum absolute atomic E-state index is 0.104. The van der Waals surface area contributed by atoms with E-state index in [4.69, 9.17) is 22.4 Å². The number of amides is 1. The average Bonchev–Trinajstić information content (AvgIpc) is 2.40. The molecule has 0 radical (unpaired) electrons. The Morgan fingerprint density at radius 3 is 2.45 bits per heavy atom. The molecule has 5 N–H and O–H groups in total. The van der Waals surface area contributed by atoms with Crippen molar-refractivity contribution in [3.63, 3.8) is 0 Å². The Labute approximate surface area is 116 Å². The molecule has 0 aliphatic carbocycles. The second-order valence-corrected chi connectivity index (χ2v) is 4.28. The monoisotopic (exact) mass is 276 g/mol. The lowest BCUT2D eigenvalue weighted by Crippen LogP contribution is -2.49. The van der Waals surface area contributed by atoms with E-state index >= 15 is 0 Å². The van der Waals surface area contributed by atoms with E-state index in [-0.39, 0.29) is 18.6 Å². The minimum Gasteiger partial charge on any atom is -0.508 e. The number of aliphatic carboxylic acids is 1. The summed E-state index contributed by atoms with van der Waals surface area (Å²) in [5, 5.41) is 20.3. The Morgan fingerprint density at radius 2 is 1.95 bits per heavy atom. The number of carbonyl (C=O) groups excluding carboxylic acids is 1. The first kappa shape index (κ1) is 15.5. The summed E-state index contributed by atoms with van der Waals surface area (Å²) in [6, 6.07) is 4.21.